The lowest BCUT2D eigenvalue weighted by Gasteiger charge is -2.07. The number of benzene rings is 1. The highest BCUT2D eigenvalue weighted by Gasteiger charge is 2.07. The van der Waals surface area contributed by atoms with Gasteiger partial charge in [-0.15, -0.1) is 10.2 Å². The number of aromatic nitrogens is 5. The molecule has 1 amide bonds. The summed E-state index contributed by atoms with van der Waals surface area (Å²) in [4.78, 5) is 28.8. The highest BCUT2D eigenvalue weighted by molar-refractivity contribution is 5.77. The first kappa shape index (κ1) is 17.8. The van der Waals surface area contributed by atoms with Crippen LogP contribution in [0.15, 0.2) is 59.8 Å². The topological polar surface area (TPSA) is 94.2 Å². The molecule has 8 heteroatoms. The summed E-state index contributed by atoms with van der Waals surface area (Å²) in [6, 6.07) is 13.0. The minimum absolute atomic E-state index is 0.0915. The number of carbonyl (C=O) groups excluding carboxylic acids is 1. The minimum atomic E-state index is -0.128. The van der Waals surface area contributed by atoms with E-state index in [2.05, 4.69) is 20.5 Å². The molecule has 0 unspecified atom stereocenters. The number of nitrogens with zero attached hydrogens (tertiary/aromatic N) is 5. The van der Waals surface area contributed by atoms with Crippen molar-refractivity contribution >= 4 is 22.5 Å². The highest BCUT2D eigenvalue weighted by Crippen LogP contribution is 2.06. The second kappa shape index (κ2) is 7.99. The monoisotopic (exact) mass is 376 g/mol. The van der Waals surface area contributed by atoms with Crippen LogP contribution >= 0.6 is 0 Å². The molecule has 0 bridgehead atoms. The number of aryl methyl sites for hydroxylation is 2. The first-order valence-corrected chi connectivity index (χ1v) is 9.22. The van der Waals surface area contributed by atoms with Gasteiger partial charge in [-0.05, 0) is 30.7 Å². The summed E-state index contributed by atoms with van der Waals surface area (Å²) in [6.07, 6.45) is 5.14. The molecular formula is C20H20N6O2. The van der Waals surface area contributed by atoms with Gasteiger partial charge in [0, 0.05) is 32.1 Å². The number of nitrogens with one attached hydrogen (secondary N) is 1. The number of rotatable bonds is 7. The third-order valence-electron chi connectivity index (χ3n) is 4.59. The Kier molecular flexibility index (Phi) is 5.09. The van der Waals surface area contributed by atoms with E-state index in [9.17, 15) is 9.59 Å². The highest BCUT2D eigenvalue weighted by atomic mass is 16.1. The van der Waals surface area contributed by atoms with Crippen LogP contribution in [0.25, 0.3) is 16.6 Å². The normalized spacial score (nSPS) is 11.1. The van der Waals surface area contributed by atoms with Gasteiger partial charge in [0.2, 0.25) is 5.91 Å². The van der Waals surface area contributed by atoms with E-state index in [-0.39, 0.29) is 17.9 Å². The number of hydrogen-bond acceptors (Lipinski definition) is 5. The van der Waals surface area contributed by atoms with Crippen LogP contribution in [-0.2, 0) is 17.8 Å². The van der Waals surface area contributed by atoms with Crippen LogP contribution in [0.1, 0.15) is 18.7 Å². The Morgan fingerprint density at radius 1 is 1.07 bits per heavy atom. The number of hydrogen-bond donors (Lipinski definition) is 1. The summed E-state index contributed by atoms with van der Waals surface area (Å²) in [7, 11) is 0. The molecule has 0 saturated carbocycles. The maximum atomic E-state index is 12.4. The molecule has 3 heterocycles. The molecular weight excluding hydrogens is 356 g/mol. The zero-order valence-corrected chi connectivity index (χ0v) is 15.3. The van der Waals surface area contributed by atoms with Crippen molar-refractivity contribution in [1.29, 1.82) is 0 Å². The smallest absolute Gasteiger partial charge is 0.261 e. The Morgan fingerprint density at radius 3 is 2.86 bits per heavy atom. The second-order valence-corrected chi connectivity index (χ2v) is 6.51. The van der Waals surface area contributed by atoms with E-state index in [1.165, 1.54) is 10.9 Å². The van der Waals surface area contributed by atoms with Gasteiger partial charge >= 0.3 is 0 Å². The Morgan fingerprint density at radius 2 is 1.93 bits per heavy atom. The lowest BCUT2D eigenvalue weighted by Crippen LogP contribution is -2.28. The van der Waals surface area contributed by atoms with E-state index < -0.39 is 0 Å². The van der Waals surface area contributed by atoms with Gasteiger partial charge in [0.25, 0.3) is 5.56 Å². The summed E-state index contributed by atoms with van der Waals surface area (Å²) >= 11 is 0. The van der Waals surface area contributed by atoms with Gasteiger partial charge in [0.1, 0.15) is 5.82 Å². The predicted molar refractivity (Wildman–Crippen MR) is 105 cm³/mol. The van der Waals surface area contributed by atoms with Crippen LogP contribution in [0.3, 0.4) is 0 Å². The van der Waals surface area contributed by atoms with Crippen molar-refractivity contribution in [2.24, 2.45) is 0 Å². The van der Waals surface area contributed by atoms with E-state index in [1.54, 1.807) is 18.2 Å². The van der Waals surface area contributed by atoms with Crippen LogP contribution in [-0.4, -0.2) is 36.6 Å². The molecule has 0 aliphatic rings. The molecule has 3 aromatic heterocycles. The fourth-order valence-corrected chi connectivity index (χ4v) is 3.11. The van der Waals surface area contributed by atoms with Crippen molar-refractivity contribution in [1.82, 2.24) is 29.5 Å². The van der Waals surface area contributed by atoms with Crippen molar-refractivity contribution < 1.29 is 4.79 Å². The maximum Gasteiger partial charge on any atom is 0.261 e. The van der Waals surface area contributed by atoms with Gasteiger partial charge in [-0.3, -0.25) is 18.6 Å². The third-order valence-corrected chi connectivity index (χ3v) is 4.59. The molecule has 8 nitrogen and oxygen atoms in total. The largest absolute Gasteiger partial charge is 0.356 e. The van der Waals surface area contributed by atoms with Crippen LogP contribution in [0, 0.1) is 0 Å². The van der Waals surface area contributed by atoms with Crippen molar-refractivity contribution in [3.8, 4) is 0 Å². The molecule has 1 N–H and O–H groups in total. The van der Waals surface area contributed by atoms with Gasteiger partial charge in [-0.25, -0.2) is 4.98 Å². The van der Waals surface area contributed by atoms with Crippen molar-refractivity contribution in [3.05, 3.63) is 71.2 Å². The lowest BCUT2D eigenvalue weighted by molar-refractivity contribution is -0.121. The second-order valence-electron chi connectivity index (χ2n) is 6.51. The molecule has 0 spiro atoms. The predicted octanol–water partition coefficient (Wildman–Crippen LogP) is 1.58. The number of carbonyl (C=O) groups is 1. The van der Waals surface area contributed by atoms with Crippen LogP contribution in [0.2, 0.25) is 0 Å². The number of pyridine rings is 1. The lowest BCUT2D eigenvalue weighted by atomic mass is 10.2. The summed E-state index contributed by atoms with van der Waals surface area (Å²) in [6.45, 7) is 0.850. The summed E-state index contributed by atoms with van der Waals surface area (Å²) in [5.41, 5.74) is 1.35. The molecule has 1 aromatic carbocycles. The number of fused-ring (bicyclic) bond motifs is 2. The quantitative estimate of drug-likeness (QED) is 0.494. The Hall–Kier alpha value is -3.55. The fraction of sp³-hybridized carbons (Fsp3) is 0.250. The molecule has 0 saturated heterocycles. The molecule has 0 aliphatic carbocycles. The van der Waals surface area contributed by atoms with E-state index in [1.807, 2.05) is 34.9 Å². The SMILES string of the molecule is O=C(CCn1cnc2ccccc2c1=O)NCCCc1nnc2ccccn12. The number of para-hydroxylation sites is 1. The number of amides is 1. The Bertz CT molecular complexity index is 1180. The zero-order chi connectivity index (χ0) is 19.3. The third kappa shape index (κ3) is 3.75. The molecule has 142 valence electrons. The van der Waals surface area contributed by atoms with Gasteiger partial charge in [-0.2, -0.15) is 0 Å². The van der Waals surface area contributed by atoms with Gasteiger partial charge < -0.3 is 5.32 Å². The van der Waals surface area contributed by atoms with Crippen molar-refractivity contribution in [3.63, 3.8) is 0 Å². The van der Waals surface area contributed by atoms with Crippen LogP contribution < -0.4 is 10.9 Å². The Balaban J connectivity index is 1.26. The van der Waals surface area contributed by atoms with Gasteiger partial charge in [0.15, 0.2) is 5.65 Å². The first-order chi connectivity index (χ1) is 13.7. The molecule has 0 fully saturated rings. The average Bonchev–Trinajstić information content (AvgIpc) is 3.14. The van der Waals surface area contributed by atoms with E-state index in [4.69, 9.17) is 0 Å². The fourth-order valence-electron chi connectivity index (χ4n) is 3.11. The zero-order valence-electron chi connectivity index (χ0n) is 15.3. The maximum absolute atomic E-state index is 12.4. The molecule has 0 radical (unpaired) electrons. The molecule has 28 heavy (non-hydrogen) atoms. The van der Waals surface area contributed by atoms with Crippen molar-refractivity contribution in [2.45, 2.75) is 25.8 Å². The van der Waals surface area contributed by atoms with E-state index >= 15 is 0 Å². The van der Waals surface area contributed by atoms with Gasteiger partial charge in [-0.1, -0.05) is 18.2 Å². The Labute approximate surface area is 160 Å². The minimum Gasteiger partial charge on any atom is -0.356 e. The summed E-state index contributed by atoms with van der Waals surface area (Å²) in [5.74, 6) is 0.782. The van der Waals surface area contributed by atoms with Crippen LogP contribution in [0.5, 0.6) is 0 Å². The van der Waals surface area contributed by atoms with E-state index in [0.29, 0.717) is 24.0 Å². The van der Waals surface area contributed by atoms with Crippen LogP contribution in [0.4, 0.5) is 0 Å². The van der Waals surface area contributed by atoms with Gasteiger partial charge in [0.05, 0.1) is 17.2 Å². The standard InChI is InChI=1S/C20H20N6O2/c27-19(10-13-25-14-22-16-7-2-1-6-15(16)20(25)28)21-11-5-9-18-24-23-17-8-3-4-12-26(17)18/h1-4,6-8,12,14H,5,9-11,13H2,(H,21,27). The first-order valence-electron chi connectivity index (χ1n) is 9.22. The molecule has 0 aliphatic heterocycles. The molecule has 0 atom stereocenters. The molecule has 4 aromatic rings. The molecule has 4 rings (SSSR count). The summed E-state index contributed by atoms with van der Waals surface area (Å²) in [5, 5.41) is 11.7. The summed E-state index contributed by atoms with van der Waals surface area (Å²) < 4.78 is 3.42. The van der Waals surface area contributed by atoms with Crippen molar-refractivity contribution in [2.75, 3.05) is 6.54 Å². The van der Waals surface area contributed by atoms with E-state index in [0.717, 1.165) is 24.3 Å². The average molecular weight is 376 g/mol.